The first kappa shape index (κ1) is 19.5. The molecule has 2 aromatic rings. The molecule has 7 heteroatoms. The molecule has 0 unspecified atom stereocenters. The van der Waals surface area contributed by atoms with Gasteiger partial charge in [-0.05, 0) is 43.5 Å². The van der Waals surface area contributed by atoms with Crippen LogP contribution >= 0.6 is 23.2 Å². The van der Waals surface area contributed by atoms with E-state index in [2.05, 4.69) is 5.32 Å². The molecule has 1 heterocycles. The van der Waals surface area contributed by atoms with Gasteiger partial charge in [0.25, 0.3) is 11.8 Å². The van der Waals surface area contributed by atoms with Crippen LogP contribution in [0.4, 0.5) is 5.69 Å². The van der Waals surface area contributed by atoms with Gasteiger partial charge >= 0.3 is 0 Å². The van der Waals surface area contributed by atoms with Gasteiger partial charge in [0.2, 0.25) is 0 Å². The van der Waals surface area contributed by atoms with Crippen molar-refractivity contribution in [1.82, 2.24) is 4.90 Å². The Balaban J connectivity index is 1.72. The van der Waals surface area contributed by atoms with E-state index in [0.717, 1.165) is 31.5 Å². The number of amides is 2. The number of para-hydroxylation sites is 1. The Bertz CT molecular complexity index is 864. The maximum atomic E-state index is 12.8. The highest BCUT2D eigenvalue weighted by Gasteiger charge is 2.23. The quantitative estimate of drug-likeness (QED) is 0.791. The summed E-state index contributed by atoms with van der Waals surface area (Å²) >= 11 is 12.0. The van der Waals surface area contributed by atoms with Gasteiger partial charge in [-0.3, -0.25) is 9.59 Å². The van der Waals surface area contributed by atoms with E-state index in [0.29, 0.717) is 27.0 Å². The summed E-state index contributed by atoms with van der Waals surface area (Å²) in [5.74, 6) is -0.112. The molecule has 0 spiro atoms. The van der Waals surface area contributed by atoms with Crippen LogP contribution in [-0.4, -0.2) is 36.4 Å². The molecule has 0 aliphatic carbocycles. The van der Waals surface area contributed by atoms with E-state index in [1.165, 1.54) is 0 Å². The molecule has 27 heavy (non-hydrogen) atoms. The van der Waals surface area contributed by atoms with E-state index in [4.69, 9.17) is 27.9 Å². The SMILES string of the molecule is Cc1cccc(C(=O)N2CCCC2)c1NC(=O)COc1cc(Cl)ccc1Cl. The first-order chi connectivity index (χ1) is 13.0. The molecule has 1 aliphatic heterocycles. The summed E-state index contributed by atoms with van der Waals surface area (Å²) in [7, 11) is 0. The Morgan fingerprint density at radius 1 is 1.15 bits per heavy atom. The van der Waals surface area contributed by atoms with Crippen LogP contribution in [0.5, 0.6) is 5.75 Å². The predicted molar refractivity (Wildman–Crippen MR) is 107 cm³/mol. The second-order valence-electron chi connectivity index (χ2n) is 6.41. The maximum Gasteiger partial charge on any atom is 0.262 e. The highest BCUT2D eigenvalue weighted by molar-refractivity contribution is 6.34. The third kappa shape index (κ3) is 4.73. The van der Waals surface area contributed by atoms with Crippen molar-refractivity contribution in [3.63, 3.8) is 0 Å². The number of aryl methyl sites for hydroxylation is 1. The van der Waals surface area contributed by atoms with Crippen molar-refractivity contribution >= 4 is 40.7 Å². The minimum atomic E-state index is -0.379. The lowest BCUT2D eigenvalue weighted by Crippen LogP contribution is -2.29. The summed E-state index contributed by atoms with van der Waals surface area (Å²) in [4.78, 5) is 27.0. The number of hydrogen-bond donors (Lipinski definition) is 1. The van der Waals surface area contributed by atoms with Crippen molar-refractivity contribution in [2.45, 2.75) is 19.8 Å². The Hall–Kier alpha value is -2.24. The number of rotatable bonds is 5. The number of likely N-dealkylation sites (tertiary alicyclic amines) is 1. The fourth-order valence-corrected chi connectivity index (χ4v) is 3.34. The molecule has 1 fully saturated rings. The number of halogens is 2. The number of anilines is 1. The molecule has 1 aliphatic rings. The van der Waals surface area contributed by atoms with Crippen LogP contribution in [0.1, 0.15) is 28.8 Å². The van der Waals surface area contributed by atoms with E-state index >= 15 is 0 Å². The molecular formula is C20H20Cl2N2O3. The van der Waals surface area contributed by atoms with E-state index in [9.17, 15) is 9.59 Å². The third-order valence-corrected chi connectivity index (χ3v) is 4.96. The zero-order valence-corrected chi connectivity index (χ0v) is 16.4. The highest BCUT2D eigenvalue weighted by atomic mass is 35.5. The molecule has 0 saturated carbocycles. The molecular weight excluding hydrogens is 387 g/mol. The van der Waals surface area contributed by atoms with Gasteiger partial charge in [-0.25, -0.2) is 0 Å². The Morgan fingerprint density at radius 3 is 2.63 bits per heavy atom. The van der Waals surface area contributed by atoms with Gasteiger partial charge < -0.3 is 15.0 Å². The predicted octanol–water partition coefficient (Wildman–Crippen LogP) is 4.56. The zero-order valence-electron chi connectivity index (χ0n) is 14.9. The Morgan fingerprint density at radius 2 is 1.89 bits per heavy atom. The second kappa shape index (κ2) is 8.63. The lowest BCUT2D eigenvalue weighted by Gasteiger charge is -2.19. The molecule has 2 amide bonds. The average Bonchev–Trinajstić information content (AvgIpc) is 3.18. The maximum absolute atomic E-state index is 12.8. The third-order valence-electron chi connectivity index (χ3n) is 4.41. The summed E-state index contributed by atoms with van der Waals surface area (Å²) in [5.41, 5.74) is 1.82. The number of nitrogens with zero attached hydrogens (tertiary/aromatic N) is 1. The average molecular weight is 407 g/mol. The first-order valence-electron chi connectivity index (χ1n) is 8.72. The van der Waals surface area contributed by atoms with Crippen LogP contribution in [0, 0.1) is 6.92 Å². The number of hydrogen-bond acceptors (Lipinski definition) is 3. The topological polar surface area (TPSA) is 58.6 Å². The summed E-state index contributed by atoms with van der Waals surface area (Å²) in [5, 5.41) is 3.63. The summed E-state index contributed by atoms with van der Waals surface area (Å²) in [6.07, 6.45) is 2.01. The van der Waals surface area contributed by atoms with Crippen LogP contribution in [0.25, 0.3) is 0 Å². The van der Waals surface area contributed by atoms with Crippen molar-refractivity contribution in [1.29, 1.82) is 0 Å². The standard InChI is InChI=1S/C20H20Cl2N2O3/c1-13-5-4-6-15(20(26)24-9-2-3-10-24)19(13)23-18(25)12-27-17-11-14(21)7-8-16(17)22/h4-8,11H,2-3,9-10,12H2,1H3,(H,23,25). The number of carbonyl (C=O) groups is 2. The van der Waals surface area contributed by atoms with Gasteiger partial charge in [0.1, 0.15) is 5.75 Å². The Kier molecular flexibility index (Phi) is 6.24. The summed E-state index contributed by atoms with van der Waals surface area (Å²) < 4.78 is 5.47. The van der Waals surface area contributed by atoms with Crippen LogP contribution in [-0.2, 0) is 4.79 Å². The van der Waals surface area contributed by atoms with Gasteiger partial charge in [0, 0.05) is 24.2 Å². The fourth-order valence-electron chi connectivity index (χ4n) is 3.01. The number of carbonyl (C=O) groups excluding carboxylic acids is 2. The lowest BCUT2D eigenvalue weighted by atomic mass is 10.1. The molecule has 0 atom stereocenters. The van der Waals surface area contributed by atoms with Gasteiger partial charge in [0.05, 0.1) is 16.3 Å². The number of ether oxygens (including phenoxy) is 1. The van der Waals surface area contributed by atoms with Crippen LogP contribution in [0.3, 0.4) is 0 Å². The number of nitrogens with one attached hydrogen (secondary N) is 1. The van der Waals surface area contributed by atoms with E-state index in [1.54, 1.807) is 24.3 Å². The first-order valence-corrected chi connectivity index (χ1v) is 9.48. The molecule has 0 aromatic heterocycles. The normalized spacial score (nSPS) is 13.5. The number of benzene rings is 2. The van der Waals surface area contributed by atoms with Crippen LogP contribution in [0.2, 0.25) is 10.0 Å². The minimum absolute atomic E-state index is 0.0645. The van der Waals surface area contributed by atoms with Crippen molar-refractivity contribution in [2.24, 2.45) is 0 Å². The van der Waals surface area contributed by atoms with Crippen molar-refractivity contribution in [3.8, 4) is 5.75 Å². The highest BCUT2D eigenvalue weighted by Crippen LogP contribution is 2.28. The lowest BCUT2D eigenvalue weighted by molar-refractivity contribution is -0.118. The van der Waals surface area contributed by atoms with E-state index in [-0.39, 0.29) is 18.4 Å². The minimum Gasteiger partial charge on any atom is -0.482 e. The fraction of sp³-hybridized carbons (Fsp3) is 0.300. The van der Waals surface area contributed by atoms with E-state index in [1.807, 2.05) is 24.0 Å². The van der Waals surface area contributed by atoms with Gasteiger partial charge in [-0.1, -0.05) is 35.3 Å². The van der Waals surface area contributed by atoms with Crippen molar-refractivity contribution < 1.29 is 14.3 Å². The molecule has 142 valence electrons. The van der Waals surface area contributed by atoms with Crippen LogP contribution < -0.4 is 10.1 Å². The zero-order chi connectivity index (χ0) is 19.4. The largest absolute Gasteiger partial charge is 0.482 e. The smallest absolute Gasteiger partial charge is 0.262 e. The summed E-state index contributed by atoms with van der Waals surface area (Å²) in [6, 6.07) is 10.2. The van der Waals surface area contributed by atoms with Crippen molar-refractivity contribution in [2.75, 3.05) is 25.0 Å². The molecule has 5 nitrogen and oxygen atoms in total. The molecule has 1 N–H and O–H groups in total. The second-order valence-corrected chi connectivity index (χ2v) is 7.25. The van der Waals surface area contributed by atoms with Gasteiger partial charge in [0.15, 0.2) is 6.61 Å². The Labute approximate surface area is 168 Å². The molecule has 2 aromatic carbocycles. The van der Waals surface area contributed by atoms with Gasteiger partial charge in [-0.15, -0.1) is 0 Å². The van der Waals surface area contributed by atoms with Crippen molar-refractivity contribution in [3.05, 3.63) is 57.6 Å². The molecule has 0 bridgehead atoms. The molecule has 0 radical (unpaired) electrons. The van der Waals surface area contributed by atoms with Gasteiger partial charge in [-0.2, -0.15) is 0 Å². The molecule has 3 rings (SSSR count). The summed E-state index contributed by atoms with van der Waals surface area (Å²) in [6.45, 7) is 3.10. The monoisotopic (exact) mass is 406 g/mol. The van der Waals surface area contributed by atoms with E-state index < -0.39 is 0 Å². The molecule has 1 saturated heterocycles. The van der Waals surface area contributed by atoms with Crippen LogP contribution in [0.15, 0.2) is 36.4 Å².